The smallest absolute Gasteiger partial charge is 0.310 e. The van der Waals surface area contributed by atoms with E-state index in [1.807, 2.05) is 17.1 Å². The Balaban J connectivity index is 1.65. The fourth-order valence-corrected chi connectivity index (χ4v) is 4.51. The fourth-order valence-electron chi connectivity index (χ4n) is 4.51. The van der Waals surface area contributed by atoms with Crippen LogP contribution in [0.1, 0.15) is 32.1 Å². The number of ether oxygens (including phenoxy) is 1. The predicted octanol–water partition coefficient (Wildman–Crippen LogP) is 1.19. The molecule has 0 aromatic carbocycles. The summed E-state index contributed by atoms with van der Waals surface area (Å²) in [7, 11) is 0. The van der Waals surface area contributed by atoms with Crippen molar-refractivity contribution in [1.82, 2.24) is 4.90 Å². The van der Waals surface area contributed by atoms with E-state index in [2.05, 4.69) is 0 Å². The quantitative estimate of drug-likeness (QED) is 0.770. The molecule has 1 N–H and O–H groups in total. The maximum absolute atomic E-state index is 12.7. The standard InChI is InChI=1S/C15H19NO4/c17-13-12-11(14(18)19)10-6-7-15(12,20-10)8-16(13)9-4-2-1-3-5-9/h6-7,9-12H,1-5,8H2,(H,18,19). The van der Waals surface area contributed by atoms with E-state index < -0.39 is 29.5 Å². The largest absolute Gasteiger partial charge is 0.481 e. The highest BCUT2D eigenvalue weighted by molar-refractivity contribution is 5.91. The molecule has 0 aromatic heterocycles. The number of nitrogens with zero attached hydrogens (tertiary/aromatic N) is 1. The van der Waals surface area contributed by atoms with Crippen LogP contribution in [0.4, 0.5) is 0 Å². The van der Waals surface area contributed by atoms with Crippen LogP contribution in [0.25, 0.3) is 0 Å². The van der Waals surface area contributed by atoms with E-state index in [1.165, 1.54) is 6.42 Å². The Morgan fingerprint density at radius 1 is 1.35 bits per heavy atom. The van der Waals surface area contributed by atoms with Crippen LogP contribution < -0.4 is 0 Å². The summed E-state index contributed by atoms with van der Waals surface area (Å²) in [6, 6.07) is 0.279. The Hall–Kier alpha value is -1.36. The highest BCUT2D eigenvalue weighted by Crippen LogP contribution is 2.52. The van der Waals surface area contributed by atoms with E-state index in [9.17, 15) is 14.7 Å². The average Bonchev–Trinajstić information content (AvgIpc) is 3.08. The highest BCUT2D eigenvalue weighted by Gasteiger charge is 2.67. The SMILES string of the molecule is O=C(O)C1C2C=CC3(CN(C4CCCCC4)C(=O)C13)O2. The van der Waals surface area contributed by atoms with Gasteiger partial charge in [0.2, 0.25) is 5.91 Å². The zero-order chi connectivity index (χ0) is 13.9. The fraction of sp³-hybridized carbons (Fsp3) is 0.733. The number of amides is 1. The second-order valence-corrected chi connectivity index (χ2v) is 6.50. The summed E-state index contributed by atoms with van der Waals surface area (Å²) in [6.07, 6.45) is 8.98. The molecule has 5 heteroatoms. The zero-order valence-corrected chi connectivity index (χ0v) is 11.3. The molecule has 1 amide bonds. The first-order valence-electron chi connectivity index (χ1n) is 7.53. The molecule has 4 atom stereocenters. The maximum atomic E-state index is 12.7. The molecule has 1 saturated carbocycles. The summed E-state index contributed by atoms with van der Waals surface area (Å²) in [4.78, 5) is 26.1. The molecule has 0 aromatic rings. The van der Waals surface area contributed by atoms with Crippen LogP contribution in [0.15, 0.2) is 12.2 Å². The lowest BCUT2D eigenvalue weighted by Gasteiger charge is -2.32. The van der Waals surface area contributed by atoms with Gasteiger partial charge in [0.1, 0.15) is 11.5 Å². The van der Waals surface area contributed by atoms with Crippen LogP contribution in [0, 0.1) is 11.8 Å². The molecule has 2 saturated heterocycles. The number of hydrogen-bond donors (Lipinski definition) is 1. The average molecular weight is 277 g/mol. The maximum Gasteiger partial charge on any atom is 0.310 e. The molecule has 2 bridgehead atoms. The lowest BCUT2D eigenvalue weighted by Crippen LogP contribution is -2.42. The van der Waals surface area contributed by atoms with Gasteiger partial charge < -0.3 is 14.7 Å². The van der Waals surface area contributed by atoms with Gasteiger partial charge in [-0.15, -0.1) is 0 Å². The minimum atomic E-state index is -0.912. The third-order valence-corrected chi connectivity index (χ3v) is 5.43. The third kappa shape index (κ3) is 1.47. The van der Waals surface area contributed by atoms with Gasteiger partial charge >= 0.3 is 5.97 Å². The van der Waals surface area contributed by atoms with Crippen molar-refractivity contribution in [2.75, 3.05) is 6.54 Å². The summed E-state index contributed by atoms with van der Waals surface area (Å²) >= 11 is 0. The lowest BCUT2D eigenvalue weighted by molar-refractivity contribution is -0.148. The number of carbonyl (C=O) groups excluding carboxylic acids is 1. The molecule has 3 heterocycles. The predicted molar refractivity (Wildman–Crippen MR) is 69.9 cm³/mol. The number of carboxylic acid groups (broad SMARTS) is 1. The summed E-state index contributed by atoms with van der Waals surface area (Å²) < 4.78 is 5.89. The van der Waals surface area contributed by atoms with E-state index in [0.29, 0.717) is 6.54 Å². The number of fused-ring (bicyclic) bond motifs is 1. The molecule has 4 rings (SSSR count). The Kier molecular flexibility index (Phi) is 2.52. The molecule has 3 aliphatic heterocycles. The summed E-state index contributed by atoms with van der Waals surface area (Å²) in [6.45, 7) is 0.540. The van der Waals surface area contributed by atoms with Crippen molar-refractivity contribution in [3.63, 3.8) is 0 Å². The van der Waals surface area contributed by atoms with Crippen LogP contribution in [0.5, 0.6) is 0 Å². The van der Waals surface area contributed by atoms with E-state index in [-0.39, 0.29) is 11.9 Å². The van der Waals surface area contributed by atoms with E-state index in [0.717, 1.165) is 25.7 Å². The normalized spacial score (nSPS) is 43.3. The van der Waals surface area contributed by atoms with Crippen molar-refractivity contribution in [2.24, 2.45) is 11.8 Å². The third-order valence-electron chi connectivity index (χ3n) is 5.43. The van der Waals surface area contributed by atoms with Gasteiger partial charge in [-0.1, -0.05) is 31.4 Å². The molecule has 1 aliphatic carbocycles. The Labute approximate surface area is 117 Å². The van der Waals surface area contributed by atoms with Gasteiger partial charge in [-0.2, -0.15) is 0 Å². The number of carboxylic acids is 1. The van der Waals surface area contributed by atoms with Crippen molar-refractivity contribution >= 4 is 11.9 Å². The van der Waals surface area contributed by atoms with Gasteiger partial charge in [0.25, 0.3) is 0 Å². The molecule has 20 heavy (non-hydrogen) atoms. The first-order valence-corrected chi connectivity index (χ1v) is 7.53. The van der Waals surface area contributed by atoms with Gasteiger partial charge in [-0.3, -0.25) is 9.59 Å². The number of hydrogen-bond acceptors (Lipinski definition) is 3. The Morgan fingerprint density at radius 2 is 2.10 bits per heavy atom. The molecular formula is C15H19NO4. The number of rotatable bonds is 2. The van der Waals surface area contributed by atoms with Crippen molar-refractivity contribution in [1.29, 1.82) is 0 Å². The molecule has 4 aliphatic rings. The van der Waals surface area contributed by atoms with Crippen LogP contribution in [0.2, 0.25) is 0 Å². The van der Waals surface area contributed by atoms with Crippen LogP contribution >= 0.6 is 0 Å². The molecule has 3 fully saturated rings. The van der Waals surface area contributed by atoms with E-state index in [4.69, 9.17) is 4.74 Å². The van der Waals surface area contributed by atoms with Crippen LogP contribution in [-0.4, -0.2) is 46.2 Å². The second kappa shape index (κ2) is 4.07. The van der Waals surface area contributed by atoms with Gasteiger partial charge in [0.05, 0.1) is 18.6 Å². The Morgan fingerprint density at radius 3 is 2.80 bits per heavy atom. The van der Waals surface area contributed by atoms with Crippen LogP contribution in [0.3, 0.4) is 0 Å². The van der Waals surface area contributed by atoms with Gasteiger partial charge in [-0.05, 0) is 12.8 Å². The summed E-state index contributed by atoms with van der Waals surface area (Å²) in [5, 5.41) is 9.41. The first kappa shape index (κ1) is 12.4. The van der Waals surface area contributed by atoms with Gasteiger partial charge in [-0.25, -0.2) is 0 Å². The minimum absolute atomic E-state index is 0.00356. The van der Waals surface area contributed by atoms with Gasteiger partial charge in [0, 0.05) is 6.04 Å². The number of carbonyl (C=O) groups is 2. The molecule has 1 spiro atoms. The van der Waals surface area contributed by atoms with Crippen LogP contribution in [-0.2, 0) is 14.3 Å². The topological polar surface area (TPSA) is 66.8 Å². The molecule has 4 unspecified atom stereocenters. The molecule has 0 radical (unpaired) electrons. The first-order chi connectivity index (χ1) is 9.62. The second-order valence-electron chi connectivity index (χ2n) is 6.50. The van der Waals surface area contributed by atoms with Crippen molar-refractivity contribution < 1.29 is 19.4 Å². The molecular weight excluding hydrogens is 258 g/mol. The van der Waals surface area contributed by atoms with Crippen molar-refractivity contribution in [3.05, 3.63) is 12.2 Å². The Bertz CT molecular complexity index is 496. The minimum Gasteiger partial charge on any atom is -0.481 e. The number of aliphatic carboxylic acids is 1. The van der Waals surface area contributed by atoms with E-state index >= 15 is 0 Å². The molecule has 5 nitrogen and oxygen atoms in total. The summed E-state index contributed by atoms with van der Waals surface area (Å²) in [5.74, 6) is -2.14. The van der Waals surface area contributed by atoms with Crippen molar-refractivity contribution in [3.8, 4) is 0 Å². The van der Waals surface area contributed by atoms with E-state index in [1.54, 1.807) is 0 Å². The highest BCUT2D eigenvalue weighted by atomic mass is 16.5. The molecule has 108 valence electrons. The van der Waals surface area contributed by atoms with Gasteiger partial charge in [0.15, 0.2) is 0 Å². The lowest BCUT2D eigenvalue weighted by atomic mass is 9.77. The number of likely N-dealkylation sites (tertiary alicyclic amines) is 1. The van der Waals surface area contributed by atoms with Crippen molar-refractivity contribution in [2.45, 2.75) is 49.9 Å². The summed E-state index contributed by atoms with van der Waals surface area (Å²) in [5.41, 5.74) is -0.664. The zero-order valence-electron chi connectivity index (χ0n) is 11.3. The monoisotopic (exact) mass is 277 g/mol.